The van der Waals surface area contributed by atoms with Gasteiger partial charge in [0, 0.05) is 13.0 Å². The Morgan fingerprint density at radius 2 is 1.79 bits per heavy atom. The van der Waals surface area contributed by atoms with Gasteiger partial charge < -0.3 is 19.7 Å². The van der Waals surface area contributed by atoms with Crippen molar-refractivity contribution >= 4 is 23.2 Å². The molecule has 1 heterocycles. The number of para-hydroxylation sites is 4. The lowest BCUT2D eigenvalue weighted by Crippen LogP contribution is -2.28. The van der Waals surface area contributed by atoms with E-state index in [9.17, 15) is 9.59 Å². The molecule has 1 atom stereocenters. The Bertz CT molecular complexity index is 837. The Balaban J connectivity index is 1.71. The molecular formula is C22H26N2O4. The summed E-state index contributed by atoms with van der Waals surface area (Å²) in [6.45, 7) is 5.35. The standard InChI is InChI=1S/C22H26N2O4/c1-3-13-28-19-11-7-5-9-17(19)23-22(26)16-14-21(25)24(15-16)18-10-6-8-12-20(18)27-4-2/h5-12,16H,3-4,13-15H2,1-2H3,(H,23,26). The molecule has 0 aliphatic carbocycles. The molecule has 0 aromatic heterocycles. The van der Waals surface area contributed by atoms with E-state index in [2.05, 4.69) is 5.32 Å². The first-order valence-electron chi connectivity index (χ1n) is 9.68. The highest BCUT2D eigenvalue weighted by Gasteiger charge is 2.36. The van der Waals surface area contributed by atoms with Crippen molar-refractivity contribution in [1.29, 1.82) is 0 Å². The van der Waals surface area contributed by atoms with Gasteiger partial charge in [-0.3, -0.25) is 9.59 Å². The Kier molecular flexibility index (Phi) is 6.53. The highest BCUT2D eigenvalue weighted by atomic mass is 16.5. The van der Waals surface area contributed by atoms with Crippen LogP contribution in [0.15, 0.2) is 48.5 Å². The fourth-order valence-corrected chi connectivity index (χ4v) is 3.22. The third-order valence-electron chi connectivity index (χ3n) is 4.56. The van der Waals surface area contributed by atoms with E-state index in [0.29, 0.717) is 42.6 Å². The number of ether oxygens (including phenoxy) is 2. The number of amides is 2. The minimum absolute atomic E-state index is 0.0807. The zero-order valence-corrected chi connectivity index (χ0v) is 16.3. The van der Waals surface area contributed by atoms with Crippen molar-refractivity contribution in [2.75, 3.05) is 30.0 Å². The lowest BCUT2D eigenvalue weighted by Gasteiger charge is -2.20. The molecule has 0 spiro atoms. The Labute approximate surface area is 165 Å². The van der Waals surface area contributed by atoms with Gasteiger partial charge in [-0.25, -0.2) is 0 Å². The normalized spacial score (nSPS) is 16.1. The second kappa shape index (κ2) is 9.26. The van der Waals surface area contributed by atoms with Crippen LogP contribution >= 0.6 is 0 Å². The molecule has 1 aliphatic rings. The fourth-order valence-electron chi connectivity index (χ4n) is 3.22. The van der Waals surface area contributed by atoms with Crippen LogP contribution in [-0.4, -0.2) is 31.6 Å². The van der Waals surface area contributed by atoms with Gasteiger partial charge in [-0.2, -0.15) is 0 Å². The Morgan fingerprint density at radius 1 is 1.07 bits per heavy atom. The van der Waals surface area contributed by atoms with Gasteiger partial charge in [-0.1, -0.05) is 31.2 Å². The van der Waals surface area contributed by atoms with Crippen LogP contribution in [0.2, 0.25) is 0 Å². The van der Waals surface area contributed by atoms with Gasteiger partial charge in [0.05, 0.1) is 30.5 Å². The van der Waals surface area contributed by atoms with Crippen molar-refractivity contribution in [3.05, 3.63) is 48.5 Å². The monoisotopic (exact) mass is 382 g/mol. The van der Waals surface area contributed by atoms with Crippen molar-refractivity contribution in [3.63, 3.8) is 0 Å². The van der Waals surface area contributed by atoms with Gasteiger partial charge in [0.2, 0.25) is 11.8 Å². The van der Waals surface area contributed by atoms with Gasteiger partial charge in [-0.05, 0) is 37.6 Å². The average Bonchev–Trinajstić information content (AvgIpc) is 3.10. The van der Waals surface area contributed by atoms with Gasteiger partial charge in [0.1, 0.15) is 11.5 Å². The van der Waals surface area contributed by atoms with Gasteiger partial charge >= 0.3 is 0 Å². The molecule has 28 heavy (non-hydrogen) atoms. The van der Waals surface area contributed by atoms with Gasteiger partial charge in [0.15, 0.2) is 0 Å². The van der Waals surface area contributed by atoms with Crippen LogP contribution < -0.4 is 19.7 Å². The number of carbonyl (C=O) groups is 2. The first kappa shape index (κ1) is 19.7. The van der Waals surface area contributed by atoms with Crippen LogP contribution in [0.5, 0.6) is 11.5 Å². The van der Waals surface area contributed by atoms with Crippen LogP contribution in [0.3, 0.4) is 0 Å². The van der Waals surface area contributed by atoms with Crippen molar-refractivity contribution in [3.8, 4) is 11.5 Å². The zero-order valence-electron chi connectivity index (χ0n) is 16.3. The van der Waals surface area contributed by atoms with E-state index in [1.165, 1.54) is 0 Å². The summed E-state index contributed by atoms with van der Waals surface area (Å²) in [4.78, 5) is 27.0. The largest absolute Gasteiger partial charge is 0.492 e. The average molecular weight is 382 g/mol. The minimum Gasteiger partial charge on any atom is -0.492 e. The summed E-state index contributed by atoms with van der Waals surface area (Å²) in [7, 11) is 0. The maximum Gasteiger partial charge on any atom is 0.229 e. The molecule has 2 amide bonds. The summed E-state index contributed by atoms with van der Waals surface area (Å²) in [5.74, 6) is 0.597. The maximum absolute atomic E-state index is 12.8. The van der Waals surface area contributed by atoms with E-state index in [-0.39, 0.29) is 18.2 Å². The van der Waals surface area contributed by atoms with Crippen LogP contribution in [-0.2, 0) is 9.59 Å². The van der Waals surface area contributed by atoms with Gasteiger partial charge in [-0.15, -0.1) is 0 Å². The third-order valence-corrected chi connectivity index (χ3v) is 4.56. The minimum atomic E-state index is -0.429. The molecular weight excluding hydrogens is 356 g/mol. The van der Waals surface area contributed by atoms with E-state index in [1.54, 1.807) is 4.90 Å². The summed E-state index contributed by atoms with van der Waals surface area (Å²) in [6, 6.07) is 14.8. The lowest BCUT2D eigenvalue weighted by atomic mass is 10.1. The van der Waals surface area contributed by atoms with Crippen molar-refractivity contribution in [1.82, 2.24) is 0 Å². The number of benzene rings is 2. The molecule has 2 aromatic carbocycles. The van der Waals surface area contributed by atoms with E-state index >= 15 is 0 Å². The fraction of sp³-hybridized carbons (Fsp3) is 0.364. The van der Waals surface area contributed by atoms with Crippen LogP contribution in [0.4, 0.5) is 11.4 Å². The van der Waals surface area contributed by atoms with Crippen LogP contribution in [0.25, 0.3) is 0 Å². The first-order chi connectivity index (χ1) is 13.6. The predicted molar refractivity (Wildman–Crippen MR) is 109 cm³/mol. The van der Waals surface area contributed by atoms with E-state index in [4.69, 9.17) is 9.47 Å². The second-order valence-corrected chi connectivity index (χ2v) is 6.64. The molecule has 148 valence electrons. The van der Waals surface area contributed by atoms with Crippen molar-refractivity contribution < 1.29 is 19.1 Å². The number of hydrogen-bond donors (Lipinski definition) is 1. The summed E-state index contributed by atoms with van der Waals surface area (Å²) in [5, 5.41) is 2.92. The van der Waals surface area contributed by atoms with Crippen molar-refractivity contribution in [2.24, 2.45) is 5.92 Å². The molecule has 3 rings (SSSR count). The maximum atomic E-state index is 12.8. The third kappa shape index (κ3) is 4.44. The zero-order chi connectivity index (χ0) is 19.9. The van der Waals surface area contributed by atoms with E-state index in [0.717, 1.165) is 6.42 Å². The molecule has 2 aromatic rings. The molecule has 1 N–H and O–H groups in total. The molecule has 1 aliphatic heterocycles. The number of rotatable bonds is 8. The van der Waals surface area contributed by atoms with Gasteiger partial charge in [0.25, 0.3) is 0 Å². The smallest absolute Gasteiger partial charge is 0.229 e. The highest BCUT2D eigenvalue weighted by Crippen LogP contribution is 2.34. The molecule has 6 nitrogen and oxygen atoms in total. The first-order valence-corrected chi connectivity index (χ1v) is 9.68. The number of nitrogens with zero attached hydrogens (tertiary/aromatic N) is 1. The lowest BCUT2D eigenvalue weighted by molar-refractivity contribution is -0.122. The number of anilines is 2. The summed E-state index contributed by atoms with van der Waals surface area (Å²) in [5.41, 5.74) is 1.33. The Morgan fingerprint density at radius 3 is 2.54 bits per heavy atom. The van der Waals surface area contributed by atoms with Crippen molar-refractivity contribution in [2.45, 2.75) is 26.7 Å². The quantitative estimate of drug-likeness (QED) is 0.753. The summed E-state index contributed by atoms with van der Waals surface area (Å²) in [6.07, 6.45) is 1.05. The molecule has 1 fully saturated rings. The number of hydrogen-bond acceptors (Lipinski definition) is 4. The Hall–Kier alpha value is -3.02. The number of nitrogens with one attached hydrogen (secondary N) is 1. The molecule has 1 unspecified atom stereocenters. The second-order valence-electron chi connectivity index (χ2n) is 6.64. The molecule has 0 radical (unpaired) electrons. The predicted octanol–water partition coefficient (Wildman–Crippen LogP) is 3.87. The molecule has 0 bridgehead atoms. The summed E-state index contributed by atoms with van der Waals surface area (Å²) >= 11 is 0. The van der Waals surface area contributed by atoms with Crippen LogP contribution in [0, 0.1) is 5.92 Å². The SMILES string of the molecule is CCCOc1ccccc1NC(=O)C1CC(=O)N(c2ccccc2OCC)C1. The molecule has 1 saturated heterocycles. The highest BCUT2D eigenvalue weighted by molar-refractivity contribution is 6.04. The number of carbonyl (C=O) groups excluding carboxylic acids is 2. The molecule has 6 heteroatoms. The van der Waals surface area contributed by atoms with Crippen LogP contribution in [0.1, 0.15) is 26.7 Å². The van der Waals surface area contributed by atoms with E-state index < -0.39 is 5.92 Å². The van der Waals surface area contributed by atoms with E-state index in [1.807, 2.05) is 62.4 Å². The molecule has 0 saturated carbocycles. The summed E-state index contributed by atoms with van der Waals surface area (Å²) < 4.78 is 11.3. The topological polar surface area (TPSA) is 67.9 Å².